The van der Waals surface area contributed by atoms with E-state index in [0.29, 0.717) is 17.4 Å². The predicted octanol–water partition coefficient (Wildman–Crippen LogP) is 21.0. The third kappa shape index (κ3) is 62.9. The summed E-state index contributed by atoms with van der Waals surface area (Å²) in [7, 11) is 1.48. The van der Waals surface area contributed by atoms with Gasteiger partial charge in [-0.25, -0.2) is 4.57 Å². The number of unbranched alkanes of at least 4 members (excludes halogenated alkanes) is 37. The molecule has 0 rings (SSSR count). The number of hydrogen-bond acceptors (Lipinski definition) is 7. The minimum Gasteiger partial charge on any atom is -0.462 e. The van der Waals surface area contributed by atoms with Gasteiger partial charge in [0.2, 0.25) is 0 Å². The molecule has 0 fully saturated rings. The van der Waals surface area contributed by atoms with Gasteiger partial charge in [-0.1, -0.05) is 274 Å². The molecule has 456 valence electrons. The lowest BCUT2D eigenvalue weighted by molar-refractivity contribution is -0.870. The van der Waals surface area contributed by atoms with Gasteiger partial charge < -0.3 is 18.9 Å². The van der Waals surface area contributed by atoms with E-state index in [1.807, 2.05) is 21.1 Å². The topological polar surface area (TPSA) is 108 Å². The first-order valence-electron chi connectivity index (χ1n) is 33.0. The fraction of sp³-hybridized carbons (Fsp3) is 0.824. The second-order valence-electron chi connectivity index (χ2n) is 23.5. The van der Waals surface area contributed by atoms with Crippen molar-refractivity contribution in [1.29, 1.82) is 0 Å². The fourth-order valence-electron chi connectivity index (χ4n) is 9.41. The van der Waals surface area contributed by atoms with E-state index < -0.39 is 26.5 Å². The maximum atomic E-state index is 12.9. The quantitative estimate of drug-likeness (QED) is 0.0211. The SMILES string of the molecule is CCCCCCC/C=C\C/C=C\C/C=C\CCCCCCCCCCCCCCCCCCCCC(=O)OC(COC(=O)CCCCCCCCCCC/C=C\C/C=C\CCCCCCC)COP(=O)(O)OCC[N+](C)(C)C. The second kappa shape index (κ2) is 59.3. The maximum absolute atomic E-state index is 12.9. The summed E-state index contributed by atoms with van der Waals surface area (Å²) < 4.78 is 34.7. The monoisotopic (exact) mass is 1120 g/mol. The first kappa shape index (κ1) is 75.7. The molecule has 0 saturated heterocycles. The van der Waals surface area contributed by atoms with Crippen molar-refractivity contribution in [3.05, 3.63) is 60.8 Å². The lowest BCUT2D eigenvalue weighted by Crippen LogP contribution is -2.37. The van der Waals surface area contributed by atoms with E-state index in [9.17, 15) is 19.0 Å². The summed E-state index contributed by atoms with van der Waals surface area (Å²) in [6.07, 6.45) is 77.4. The summed E-state index contributed by atoms with van der Waals surface area (Å²) in [6.45, 7) is 4.45. The normalized spacial score (nSPS) is 13.6. The highest BCUT2D eigenvalue weighted by molar-refractivity contribution is 7.47. The molecule has 0 heterocycles. The average molecular weight is 1120 g/mol. The molecule has 0 aromatic heterocycles. The van der Waals surface area contributed by atoms with Crippen LogP contribution in [0.2, 0.25) is 0 Å². The molecule has 78 heavy (non-hydrogen) atoms. The Morgan fingerprint density at radius 3 is 1.03 bits per heavy atom. The zero-order valence-electron chi connectivity index (χ0n) is 51.9. The second-order valence-corrected chi connectivity index (χ2v) is 25.0. The number of carbonyl (C=O) groups is 2. The zero-order valence-corrected chi connectivity index (χ0v) is 52.8. The molecule has 0 aromatic carbocycles. The smallest absolute Gasteiger partial charge is 0.462 e. The summed E-state index contributed by atoms with van der Waals surface area (Å²) in [6, 6.07) is 0. The van der Waals surface area contributed by atoms with Crippen LogP contribution in [0.3, 0.4) is 0 Å². The Labute approximate surface area is 483 Å². The van der Waals surface area contributed by atoms with E-state index in [4.69, 9.17) is 18.5 Å². The van der Waals surface area contributed by atoms with Crippen molar-refractivity contribution in [1.82, 2.24) is 0 Å². The molecule has 10 heteroatoms. The number of likely N-dealkylation sites (N-methyl/N-ethyl adjacent to an activating group) is 1. The lowest BCUT2D eigenvalue weighted by atomic mass is 10.0. The fourth-order valence-corrected chi connectivity index (χ4v) is 10.2. The highest BCUT2D eigenvalue weighted by Crippen LogP contribution is 2.43. The van der Waals surface area contributed by atoms with Crippen molar-refractivity contribution in [3.63, 3.8) is 0 Å². The molecule has 9 nitrogen and oxygen atoms in total. The van der Waals surface area contributed by atoms with Crippen LogP contribution in [-0.2, 0) is 32.7 Å². The lowest BCUT2D eigenvalue weighted by Gasteiger charge is -2.24. The third-order valence-electron chi connectivity index (χ3n) is 14.5. The molecular weight excluding hydrogens is 990 g/mol. The van der Waals surface area contributed by atoms with Gasteiger partial charge in [-0.2, -0.15) is 0 Å². The van der Waals surface area contributed by atoms with Crippen molar-refractivity contribution in [3.8, 4) is 0 Å². The van der Waals surface area contributed by atoms with Crippen LogP contribution in [0.15, 0.2) is 60.8 Å². The standard InChI is InChI=1S/C68H126NO8P/c1-6-8-10-12-14-16-18-20-22-24-26-28-29-30-31-32-33-34-35-36-37-38-39-41-43-45-47-49-51-53-55-57-59-61-68(71)77-66(65-76-78(72,73)75-63-62-69(3,4)5)64-74-67(70)60-58-56-54-52-50-48-46-44-42-40-27-25-23-21-19-17-15-13-11-9-7-2/h18-21,24-27,29-30,66H,6-17,22-23,28,31-65H2,1-5H3/p+1/b20-18-,21-19-,26-24-,27-25-,30-29-. The van der Waals surface area contributed by atoms with Gasteiger partial charge >= 0.3 is 19.8 Å². The number of hydrogen-bond donors (Lipinski definition) is 1. The van der Waals surface area contributed by atoms with Crippen molar-refractivity contribution in [2.45, 2.75) is 315 Å². The number of nitrogens with zero attached hydrogens (tertiary/aromatic N) is 1. The first-order valence-corrected chi connectivity index (χ1v) is 34.5. The molecule has 2 unspecified atom stereocenters. The third-order valence-corrected chi connectivity index (χ3v) is 15.5. The summed E-state index contributed by atoms with van der Waals surface area (Å²) in [5, 5.41) is 0. The van der Waals surface area contributed by atoms with Gasteiger partial charge in [0.1, 0.15) is 19.8 Å². The highest BCUT2D eigenvalue weighted by Gasteiger charge is 2.27. The van der Waals surface area contributed by atoms with E-state index in [1.165, 1.54) is 225 Å². The predicted molar refractivity (Wildman–Crippen MR) is 335 cm³/mol. The Kier molecular flexibility index (Phi) is 57.6. The Bertz CT molecular complexity index is 1500. The molecule has 0 amide bonds. The molecule has 0 aliphatic heterocycles. The molecule has 1 N–H and O–H groups in total. The highest BCUT2D eigenvalue weighted by atomic mass is 31.2. The van der Waals surface area contributed by atoms with Gasteiger partial charge in [-0.05, 0) is 83.5 Å². The van der Waals surface area contributed by atoms with Crippen LogP contribution >= 0.6 is 7.82 Å². The number of allylic oxidation sites excluding steroid dienone is 10. The van der Waals surface area contributed by atoms with Crippen molar-refractivity contribution < 1.29 is 42.1 Å². The molecule has 0 aliphatic carbocycles. The van der Waals surface area contributed by atoms with Gasteiger partial charge in [0, 0.05) is 12.8 Å². The average Bonchev–Trinajstić information content (AvgIpc) is 3.41. The Balaban J connectivity index is 4.04. The van der Waals surface area contributed by atoms with Crippen molar-refractivity contribution >= 4 is 19.8 Å². The molecule has 0 spiro atoms. The van der Waals surface area contributed by atoms with Crippen molar-refractivity contribution in [2.75, 3.05) is 47.5 Å². The van der Waals surface area contributed by atoms with Crippen LogP contribution in [0, 0.1) is 0 Å². The Hall–Kier alpha value is -2.29. The minimum absolute atomic E-state index is 0.0309. The van der Waals surface area contributed by atoms with E-state index in [0.717, 1.165) is 51.4 Å². The van der Waals surface area contributed by atoms with E-state index in [1.54, 1.807) is 0 Å². The Morgan fingerprint density at radius 1 is 0.397 bits per heavy atom. The zero-order chi connectivity index (χ0) is 57.0. The van der Waals surface area contributed by atoms with Crippen LogP contribution in [-0.4, -0.2) is 74.9 Å². The van der Waals surface area contributed by atoms with E-state index in [-0.39, 0.29) is 32.0 Å². The maximum Gasteiger partial charge on any atom is 0.472 e. The molecule has 0 aliphatic rings. The number of quaternary nitrogens is 1. The first-order chi connectivity index (χ1) is 38.0. The summed E-state index contributed by atoms with van der Waals surface area (Å²) in [5.74, 6) is -0.791. The van der Waals surface area contributed by atoms with Crippen LogP contribution < -0.4 is 0 Å². The summed E-state index contributed by atoms with van der Waals surface area (Å²) in [4.78, 5) is 35.8. The van der Waals surface area contributed by atoms with E-state index >= 15 is 0 Å². The molecule has 2 atom stereocenters. The Morgan fingerprint density at radius 2 is 0.692 bits per heavy atom. The number of phosphoric acid groups is 1. The summed E-state index contributed by atoms with van der Waals surface area (Å²) >= 11 is 0. The van der Waals surface area contributed by atoms with Gasteiger partial charge in [0.05, 0.1) is 27.7 Å². The summed E-state index contributed by atoms with van der Waals surface area (Å²) in [5.41, 5.74) is 0. The van der Waals surface area contributed by atoms with Gasteiger partial charge in [-0.15, -0.1) is 0 Å². The molecule has 0 bridgehead atoms. The van der Waals surface area contributed by atoms with Crippen LogP contribution in [0.25, 0.3) is 0 Å². The molecule has 0 saturated carbocycles. The number of carbonyl (C=O) groups excluding carboxylic acids is 2. The number of rotatable bonds is 61. The number of phosphoric ester groups is 1. The molecule has 0 radical (unpaired) electrons. The largest absolute Gasteiger partial charge is 0.472 e. The van der Waals surface area contributed by atoms with Gasteiger partial charge in [0.15, 0.2) is 6.10 Å². The van der Waals surface area contributed by atoms with Crippen LogP contribution in [0.1, 0.15) is 309 Å². The van der Waals surface area contributed by atoms with Gasteiger partial charge in [0.25, 0.3) is 0 Å². The van der Waals surface area contributed by atoms with Crippen LogP contribution in [0.4, 0.5) is 0 Å². The van der Waals surface area contributed by atoms with Crippen LogP contribution in [0.5, 0.6) is 0 Å². The number of ether oxygens (including phenoxy) is 2. The van der Waals surface area contributed by atoms with Crippen molar-refractivity contribution in [2.24, 2.45) is 0 Å². The number of esters is 2. The van der Waals surface area contributed by atoms with E-state index in [2.05, 4.69) is 74.6 Å². The molecule has 0 aromatic rings. The van der Waals surface area contributed by atoms with Gasteiger partial charge in [-0.3, -0.25) is 18.6 Å². The molecular formula is C68H127NO8P+. The minimum atomic E-state index is -4.39.